The molecule has 3 heteroatoms. The Labute approximate surface area is 124 Å². The number of nitrogens with zero attached hydrogens (tertiary/aromatic N) is 1. The smallest absolute Gasteiger partial charge is 0.241 e. The Morgan fingerprint density at radius 1 is 1.35 bits per heavy atom. The van der Waals surface area contributed by atoms with Gasteiger partial charge in [-0.25, -0.2) is 0 Å². The molecule has 2 fully saturated rings. The van der Waals surface area contributed by atoms with Gasteiger partial charge in [-0.15, -0.1) is 0 Å². The topological polar surface area (TPSA) is 32.3 Å². The largest absolute Gasteiger partial charge is 0.322 e. The number of rotatable bonds is 4. The van der Waals surface area contributed by atoms with Gasteiger partial charge in [-0.05, 0) is 37.0 Å². The van der Waals surface area contributed by atoms with Gasteiger partial charge in [-0.3, -0.25) is 10.1 Å². The monoisotopic (exact) mass is 280 g/mol. The summed E-state index contributed by atoms with van der Waals surface area (Å²) in [6.45, 7) is 11.3. The number of hydrogen-bond acceptors (Lipinski definition) is 2. The fourth-order valence-electron chi connectivity index (χ4n) is 4.03. The maximum absolute atomic E-state index is 12.9. The molecule has 1 heterocycles. The van der Waals surface area contributed by atoms with E-state index in [1.165, 1.54) is 25.7 Å². The van der Waals surface area contributed by atoms with Crippen LogP contribution in [0.25, 0.3) is 0 Å². The molecule has 3 atom stereocenters. The van der Waals surface area contributed by atoms with Gasteiger partial charge in [0, 0.05) is 6.04 Å². The zero-order valence-electron chi connectivity index (χ0n) is 13.9. The van der Waals surface area contributed by atoms with Crippen LogP contribution in [0.2, 0.25) is 0 Å². The van der Waals surface area contributed by atoms with Crippen molar-refractivity contribution in [2.24, 2.45) is 11.3 Å². The summed E-state index contributed by atoms with van der Waals surface area (Å²) < 4.78 is 0. The Hall–Kier alpha value is -0.570. The first-order valence-electron chi connectivity index (χ1n) is 8.45. The highest BCUT2D eigenvalue weighted by molar-refractivity contribution is 5.84. The number of carbonyl (C=O) groups excluding carboxylic acids is 1. The van der Waals surface area contributed by atoms with Crippen molar-refractivity contribution < 1.29 is 4.79 Å². The number of amides is 1. The van der Waals surface area contributed by atoms with Crippen LogP contribution in [-0.2, 0) is 4.79 Å². The van der Waals surface area contributed by atoms with Gasteiger partial charge >= 0.3 is 0 Å². The van der Waals surface area contributed by atoms with E-state index in [0.29, 0.717) is 17.9 Å². The minimum Gasteiger partial charge on any atom is -0.322 e. The predicted molar refractivity (Wildman–Crippen MR) is 83.3 cm³/mol. The summed E-state index contributed by atoms with van der Waals surface area (Å²) in [7, 11) is 0. The quantitative estimate of drug-likeness (QED) is 0.854. The van der Waals surface area contributed by atoms with Gasteiger partial charge in [0.2, 0.25) is 5.91 Å². The molecule has 1 amide bonds. The lowest BCUT2D eigenvalue weighted by Crippen LogP contribution is -2.52. The number of hydrogen-bond donors (Lipinski definition) is 1. The highest BCUT2D eigenvalue weighted by Crippen LogP contribution is 2.41. The van der Waals surface area contributed by atoms with E-state index in [2.05, 4.69) is 44.8 Å². The first-order chi connectivity index (χ1) is 9.36. The minimum atomic E-state index is 0.0395. The Morgan fingerprint density at radius 2 is 2.05 bits per heavy atom. The van der Waals surface area contributed by atoms with E-state index in [9.17, 15) is 4.79 Å². The van der Waals surface area contributed by atoms with E-state index in [0.717, 1.165) is 12.8 Å². The molecule has 0 aromatic carbocycles. The standard InChI is InChI=1S/C17H32N2O/c1-6-15-18-13(11-12(2)3)16(20)19(15)14-9-7-8-10-17(14,4)5/h12-15,18H,6-11H2,1-5H3. The summed E-state index contributed by atoms with van der Waals surface area (Å²) in [5, 5.41) is 3.58. The van der Waals surface area contributed by atoms with Crippen molar-refractivity contribution in [3.63, 3.8) is 0 Å². The highest BCUT2D eigenvalue weighted by atomic mass is 16.2. The predicted octanol–water partition coefficient (Wildman–Crippen LogP) is 3.54. The van der Waals surface area contributed by atoms with Crippen LogP contribution in [0.1, 0.15) is 73.1 Å². The van der Waals surface area contributed by atoms with Crippen molar-refractivity contribution in [3.8, 4) is 0 Å². The van der Waals surface area contributed by atoms with Crippen LogP contribution >= 0.6 is 0 Å². The van der Waals surface area contributed by atoms with Crippen LogP contribution in [0.15, 0.2) is 0 Å². The molecule has 0 aromatic heterocycles. The molecule has 20 heavy (non-hydrogen) atoms. The summed E-state index contributed by atoms with van der Waals surface area (Å²) in [5.74, 6) is 0.916. The molecular formula is C17H32N2O. The molecule has 1 saturated heterocycles. The van der Waals surface area contributed by atoms with Crippen LogP contribution in [0, 0.1) is 11.3 Å². The summed E-state index contributed by atoms with van der Waals surface area (Å²) in [6, 6.07) is 0.455. The maximum Gasteiger partial charge on any atom is 0.241 e. The molecule has 2 rings (SSSR count). The number of nitrogens with one attached hydrogen (secondary N) is 1. The molecule has 0 spiro atoms. The third-order valence-electron chi connectivity index (χ3n) is 5.16. The van der Waals surface area contributed by atoms with Gasteiger partial charge < -0.3 is 4.90 Å². The second-order valence-corrected chi connectivity index (χ2v) is 7.77. The lowest BCUT2D eigenvalue weighted by Gasteiger charge is -2.45. The Morgan fingerprint density at radius 3 is 2.60 bits per heavy atom. The van der Waals surface area contributed by atoms with Crippen molar-refractivity contribution in [2.75, 3.05) is 0 Å². The minimum absolute atomic E-state index is 0.0395. The molecule has 3 unspecified atom stereocenters. The van der Waals surface area contributed by atoms with E-state index >= 15 is 0 Å². The van der Waals surface area contributed by atoms with Crippen LogP contribution in [0.3, 0.4) is 0 Å². The molecule has 1 aliphatic carbocycles. The van der Waals surface area contributed by atoms with E-state index in [4.69, 9.17) is 0 Å². The van der Waals surface area contributed by atoms with Crippen molar-refractivity contribution >= 4 is 5.91 Å². The SMILES string of the molecule is CCC1NC(CC(C)C)C(=O)N1C1CCCCC1(C)C. The molecule has 0 aromatic rings. The van der Waals surface area contributed by atoms with Crippen LogP contribution in [0.4, 0.5) is 0 Å². The van der Waals surface area contributed by atoms with Crippen molar-refractivity contribution in [1.82, 2.24) is 10.2 Å². The fraction of sp³-hybridized carbons (Fsp3) is 0.941. The normalized spacial score (nSPS) is 34.0. The van der Waals surface area contributed by atoms with E-state index < -0.39 is 0 Å². The summed E-state index contributed by atoms with van der Waals surface area (Å²) in [4.78, 5) is 15.1. The van der Waals surface area contributed by atoms with Crippen LogP contribution in [0.5, 0.6) is 0 Å². The molecule has 1 aliphatic heterocycles. The van der Waals surface area contributed by atoms with Gasteiger partial charge in [0.25, 0.3) is 0 Å². The Kier molecular flexibility index (Phi) is 4.78. The molecule has 116 valence electrons. The highest BCUT2D eigenvalue weighted by Gasteiger charge is 2.46. The third kappa shape index (κ3) is 3.03. The lowest BCUT2D eigenvalue weighted by molar-refractivity contribution is -0.136. The third-order valence-corrected chi connectivity index (χ3v) is 5.16. The molecule has 0 radical (unpaired) electrons. The summed E-state index contributed by atoms with van der Waals surface area (Å²) >= 11 is 0. The molecular weight excluding hydrogens is 248 g/mol. The molecule has 2 aliphatic rings. The fourth-order valence-corrected chi connectivity index (χ4v) is 4.03. The van der Waals surface area contributed by atoms with Gasteiger partial charge in [0.1, 0.15) is 0 Å². The molecule has 1 N–H and O–H groups in total. The second kappa shape index (κ2) is 6.05. The van der Waals surface area contributed by atoms with Gasteiger partial charge in [0.15, 0.2) is 0 Å². The average Bonchev–Trinajstić information content (AvgIpc) is 2.65. The van der Waals surface area contributed by atoms with Crippen LogP contribution in [-0.4, -0.2) is 29.1 Å². The zero-order chi connectivity index (χ0) is 14.9. The van der Waals surface area contributed by atoms with Crippen molar-refractivity contribution in [2.45, 2.75) is 91.4 Å². The van der Waals surface area contributed by atoms with Crippen LogP contribution < -0.4 is 5.32 Å². The number of carbonyl (C=O) groups is 1. The lowest BCUT2D eigenvalue weighted by atomic mass is 9.72. The zero-order valence-corrected chi connectivity index (χ0v) is 13.9. The molecule has 0 bridgehead atoms. The van der Waals surface area contributed by atoms with Gasteiger partial charge in [0.05, 0.1) is 12.2 Å². The van der Waals surface area contributed by atoms with Crippen molar-refractivity contribution in [1.29, 1.82) is 0 Å². The maximum atomic E-state index is 12.9. The summed E-state index contributed by atoms with van der Waals surface area (Å²) in [5.41, 5.74) is 0.260. The average molecular weight is 280 g/mol. The van der Waals surface area contributed by atoms with E-state index in [1.807, 2.05) is 0 Å². The Balaban J connectivity index is 2.17. The van der Waals surface area contributed by atoms with E-state index in [-0.39, 0.29) is 17.6 Å². The summed E-state index contributed by atoms with van der Waals surface area (Å²) in [6.07, 6.45) is 7.20. The van der Waals surface area contributed by atoms with Gasteiger partial charge in [-0.1, -0.05) is 47.5 Å². The molecule has 3 nitrogen and oxygen atoms in total. The van der Waals surface area contributed by atoms with Gasteiger partial charge in [-0.2, -0.15) is 0 Å². The second-order valence-electron chi connectivity index (χ2n) is 7.77. The Bertz CT molecular complexity index is 351. The first kappa shape index (κ1) is 15.8. The van der Waals surface area contributed by atoms with E-state index in [1.54, 1.807) is 0 Å². The molecule has 1 saturated carbocycles. The van der Waals surface area contributed by atoms with Crippen molar-refractivity contribution in [3.05, 3.63) is 0 Å². The first-order valence-corrected chi connectivity index (χ1v) is 8.45.